The van der Waals surface area contributed by atoms with E-state index >= 15 is 0 Å². The lowest BCUT2D eigenvalue weighted by Crippen LogP contribution is -2.33. The minimum absolute atomic E-state index is 0.0367. The number of hydrogen-bond acceptors (Lipinski definition) is 7. The van der Waals surface area contributed by atoms with Crippen molar-refractivity contribution in [2.24, 2.45) is 0 Å². The van der Waals surface area contributed by atoms with Crippen molar-refractivity contribution in [2.75, 3.05) is 5.32 Å². The first-order valence-corrected chi connectivity index (χ1v) is 10.6. The van der Waals surface area contributed by atoms with Gasteiger partial charge in [-0.2, -0.15) is 0 Å². The fourth-order valence-electron chi connectivity index (χ4n) is 4.05. The lowest BCUT2D eigenvalue weighted by atomic mass is 10.1. The summed E-state index contributed by atoms with van der Waals surface area (Å²) in [6.07, 6.45) is 5.53. The Bertz CT molecular complexity index is 1410. The van der Waals surface area contributed by atoms with Crippen LogP contribution in [0.15, 0.2) is 35.3 Å². The van der Waals surface area contributed by atoms with E-state index in [1.54, 1.807) is 29.8 Å². The van der Waals surface area contributed by atoms with Crippen molar-refractivity contribution in [2.45, 2.75) is 38.6 Å². The highest BCUT2D eigenvalue weighted by Gasteiger charge is 2.24. The third-order valence-electron chi connectivity index (χ3n) is 5.44. The quantitative estimate of drug-likeness (QED) is 0.493. The summed E-state index contributed by atoms with van der Waals surface area (Å²) in [6.45, 7) is 1.80. The number of nitrogens with one attached hydrogen (secondary N) is 2. The lowest BCUT2D eigenvalue weighted by molar-refractivity contribution is 0.102. The molecule has 2 N–H and O–H groups in total. The predicted molar refractivity (Wildman–Crippen MR) is 113 cm³/mol. The zero-order valence-electron chi connectivity index (χ0n) is 16.3. The molecule has 0 spiro atoms. The van der Waals surface area contributed by atoms with Gasteiger partial charge < -0.3 is 4.57 Å². The van der Waals surface area contributed by atoms with Gasteiger partial charge in [0.05, 0.1) is 10.9 Å². The topological polar surface area (TPSA) is 118 Å². The van der Waals surface area contributed by atoms with E-state index in [0.717, 1.165) is 30.7 Å². The second-order valence-electron chi connectivity index (χ2n) is 7.38. The van der Waals surface area contributed by atoms with Crippen LogP contribution in [-0.4, -0.2) is 30.1 Å². The third-order valence-corrected chi connectivity index (χ3v) is 6.20. The van der Waals surface area contributed by atoms with E-state index in [9.17, 15) is 9.59 Å². The monoisotopic (exact) mass is 421 g/mol. The number of anilines is 1. The van der Waals surface area contributed by atoms with E-state index in [4.69, 9.17) is 5.41 Å². The van der Waals surface area contributed by atoms with E-state index in [1.807, 2.05) is 6.07 Å². The maximum atomic E-state index is 13.2. The van der Waals surface area contributed by atoms with Crippen molar-refractivity contribution in [3.8, 4) is 0 Å². The number of nitrogens with zero attached hydrogens (tertiary/aromatic N) is 5. The molecule has 0 saturated heterocycles. The Balaban J connectivity index is 1.77. The van der Waals surface area contributed by atoms with Crippen LogP contribution in [0, 0.1) is 12.3 Å². The van der Waals surface area contributed by atoms with Gasteiger partial charge in [-0.05, 0) is 38.0 Å². The summed E-state index contributed by atoms with van der Waals surface area (Å²) in [6, 6.07) is 6.86. The number of pyridine rings is 2. The van der Waals surface area contributed by atoms with Gasteiger partial charge in [0.25, 0.3) is 11.5 Å². The van der Waals surface area contributed by atoms with E-state index < -0.39 is 5.91 Å². The Labute approximate surface area is 174 Å². The SMILES string of the molecule is Cc1nnc(NC(=O)c2cc3c(=O)n4ccccc4nc3n(C3CCCC3)c2=N)s1. The molecular weight excluding hydrogens is 402 g/mol. The third kappa shape index (κ3) is 3.00. The summed E-state index contributed by atoms with van der Waals surface area (Å²) < 4.78 is 3.22. The van der Waals surface area contributed by atoms with Gasteiger partial charge in [0.15, 0.2) is 0 Å². The fourth-order valence-corrected chi connectivity index (χ4v) is 4.64. The largest absolute Gasteiger partial charge is 0.307 e. The Morgan fingerprint density at radius 1 is 1.27 bits per heavy atom. The zero-order valence-corrected chi connectivity index (χ0v) is 17.1. The molecule has 0 aliphatic heterocycles. The van der Waals surface area contributed by atoms with Crippen molar-refractivity contribution in [1.29, 1.82) is 5.41 Å². The summed E-state index contributed by atoms with van der Waals surface area (Å²) in [5.41, 5.74) is 0.884. The van der Waals surface area contributed by atoms with Gasteiger partial charge in [-0.25, -0.2) is 4.98 Å². The Morgan fingerprint density at radius 2 is 2.07 bits per heavy atom. The molecule has 4 heterocycles. The number of carbonyl (C=O) groups excluding carboxylic acids is 1. The molecule has 5 rings (SSSR count). The highest BCUT2D eigenvalue weighted by atomic mass is 32.1. The van der Waals surface area contributed by atoms with Crippen molar-refractivity contribution in [3.05, 3.63) is 56.9 Å². The fraction of sp³-hybridized carbons (Fsp3) is 0.300. The van der Waals surface area contributed by atoms with Gasteiger partial charge in [-0.1, -0.05) is 30.2 Å². The molecule has 0 bridgehead atoms. The van der Waals surface area contributed by atoms with Crippen LogP contribution in [0.3, 0.4) is 0 Å². The molecule has 10 heteroatoms. The van der Waals surface area contributed by atoms with Gasteiger partial charge in [-0.15, -0.1) is 10.2 Å². The van der Waals surface area contributed by atoms with Gasteiger partial charge in [0.1, 0.15) is 21.8 Å². The molecule has 1 aliphatic carbocycles. The number of aromatic nitrogens is 5. The summed E-state index contributed by atoms with van der Waals surface area (Å²) in [5.74, 6) is -0.484. The molecule has 1 amide bonds. The first kappa shape index (κ1) is 18.6. The Kier molecular flexibility index (Phi) is 4.43. The molecule has 4 aromatic heterocycles. The zero-order chi connectivity index (χ0) is 20.8. The normalized spacial score (nSPS) is 14.6. The van der Waals surface area contributed by atoms with Crippen LogP contribution in [0.25, 0.3) is 16.7 Å². The number of hydrogen-bond donors (Lipinski definition) is 2. The van der Waals surface area contributed by atoms with Crippen LogP contribution < -0.4 is 16.4 Å². The first-order valence-electron chi connectivity index (χ1n) is 9.75. The maximum absolute atomic E-state index is 13.2. The average molecular weight is 421 g/mol. The molecule has 0 radical (unpaired) electrons. The minimum Gasteiger partial charge on any atom is -0.307 e. The summed E-state index contributed by atoms with van der Waals surface area (Å²) in [7, 11) is 0. The number of carbonyl (C=O) groups is 1. The summed E-state index contributed by atoms with van der Waals surface area (Å²) >= 11 is 1.25. The molecule has 30 heavy (non-hydrogen) atoms. The molecule has 4 aromatic rings. The standard InChI is InChI=1S/C20H19N7O2S/c1-11-24-25-20(30-11)23-18(28)13-10-14-17(27(16(13)21)12-6-2-3-7-12)22-15-8-4-5-9-26(15)19(14)29/h4-5,8-10,12,21H,2-3,6-7H2,1H3,(H,23,25,28). The Hall–Kier alpha value is -3.40. The molecule has 0 unspecified atom stereocenters. The smallest absolute Gasteiger partial charge is 0.267 e. The molecule has 1 aliphatic rings. The molecule has 0 atom stereocenters. The first-order chi connectivity index (χ1) is 14.5. The van der Waals surface area contributed by atoms with E-state index in [-0.39, 0.29) is 22.7 Å². The molecule has 0 aromatic carbocycles. The molecule has 9 nitrogen and oxygen atoms in total. The molecular formula is C20H19N7O2S. The van der Waals surface area contributed by atoms with Crippen LogP contribution in [0.5, 0.6) is 0 Å². The Morgan fingerprint density at radius 3 is 2.80 bits per heavy atom. The van der Waals surface area contributed by atoms with Crippen LogP contribution in [0.1, 0.15) is 47.1 Å². The van der Waals surface area contributed by atoms with Gasteiger partial charge in [0, 0.05) is 12.2 Å². The van der Waals surface area contributed by atoms with Gasteiger partial charge >= 0.3 is 0 Å². The number of aryl methyl sites for hydroxylation is 1. The van der Waals surface area contributed by atoms with Crippen LogP contribution in [-0.2, 0) is 0 Å². The average Bonchev–Trinajstić information content (AvgIpc) is 3.40. The number of amides is 1. The van der Waals surface area contributed by atoms with E-state index in [2.05, 4.69) is 20.5 Å². The van der Waals surface area contributed by atoms with Crippen molar-refractivity contribution >= 4 is 39.1 Å². The molecule has 152 valence electrons. The molecule has 1 fully saturated rings. The van der Waals surface area contributed by atoms with Crippen molar-refractivity contribution in [3.63, 3.8) is 0 Å². The van der Waals surface area contributed by atoms with E-state index in [0.29, 0.717) is 21.8 Å². The number of fused-ring (bicyclic) bond motifs is 2. The van der Waals surface area contributed by atoms with Crippen molar-refractivity contribution in [1.82, 2.24) is 24.1 Å². The second-order valence-corrected chi connectivity index (χ2v) is 8.56. The van der Waals surface area contributed by atoms with Gasteiger partial charge in [-0.3, -0.25) is 24.7 Å². The van der Waals surface area contributed by atoms with E-state index in [1.165, 1.54) is 21.8 Å². The maximum Gasteiger partial charge on any atom is 0.267 e. The highest BCUT2D eigenvalue weighted by molar-refractivity contribution is 7.15. The van der Waals surface area contributed by atoms with Gasteiger partial charge in [0.2, 0.25) is 5.13 Å². The van der Waals surface area contributed by atoms with Crippen LogP contribution in [0.2, 0.25) is 0 Å². The lowest BCUT2D eigenvalue weighted by Gasteiger charge is -2.19. The highest BCUT2D eigenvalue weighted by Crippen LogP contribution is 2.30. The van der Waals surface area contributed by atoms with Crippen LogP contribution in [0.4, 0.5) is 5.13 Å². The summed E-state index contributed by atoms with van der Waals surface area (Å²) in [5, 5.41) is 20.7. The predicted octanol–water partition coefficient (Wildman–Crippen LogP) is 2.66. The number of rotatable bonds is 3. The van der Waals surface area contributed by atoms with Crippen molar-refractivity contribution < 1.29 is 4.79 Å². The molecule has 1 saturated carbocycles. The van der Waals surface area contributed by atoms with Crippen LogP contribution >= 0.6 is 11.3 Å². The second kappa shape index (κ2) is 7.13. The minimum atomic E-state index is -0.484. The summed E-state index contributed by atoms with van der Waals surface area (Å²) in [4.78, 5) is 30.9.